The molecule has 1 aliphatic heterocycles. The van der Waals surface area contributed by atoms with Gasteiger partial charge in [-0.1, -0.05) is 0 Å². The molecule has 1 aliphatic rings. The van der Waals surface area contributed by atoms with Gasteiger partial charge in [-0.05, 0) is 19.0 Å². The van der Waals surface area contributed by atoms with Crippen molar-refractivity contribution < 1.29 is 14.3 Å². The number of carbonyl (C=O) groups excluding carboxylic acids is 2. The van der Waals surface area contributed by atoms with Crippen LogP contribution in [-0.2, 0) is 22.5 Å². The number of esters is 1. The zero-order valence-electron chi connectivity index (χ0n) is 10.7. The topological polar surface area (TPSA) is 58.6 Å². The van der Waals surface area contributed by atoms with Crippen molar-refractivity contribution in [2.24, 2.45) is 0 Å². The van der Waals surface area contributed by atoms with Crippen molar-refractivity contribution in [2.75, 3.05) is 26.0 Å². The Bertz CT molecular complexity index is 496. The van der Waals surface area contributed by atoms with E-state index in [4.69, 9.17) is 4.74 Å². The first-order valence-electron chi connectivity index (χ1n) is 5.72. The van der Waals surface area contributed by atoms with Gasteiger partial charge in [0.1, 0.15) is 5.00 Å². The predicted octanol–water partition coefficient (Wildman–Crippen LogP) is 1.48. The molecule has 0 bridgehead atoms. The number of ether oxygens (including phenoxy) is 1. The quantitative estimate of drug-likeness (QED) is 0.825. The minimum atomic E-state index is -0.374. The number of hydrogen-bond acceptors (Lipinski definition) is 5. The van der Waals surface area contributed by atoms with Gasteiger partial charge in [0.15, 0.2) is 0 Å². The van der Waals surface area contributed by atoms with Crippen LogP contribution in [0.1, 0.15) is 27.7 Å². The first kappa shape index (κ1) is 13.0. The van der Waals surface area contributed by atoms with E-state index >= 15 is 0 Å². The van der Waals surface area contributed by atoms with E-state index in [1.807, 2.05) is 7.05 Å². The first-order valence-corrected chi connectivity index (χ1v) is 6.53. The highest BCUT2D eigenvalue weighted by atomic mass is 32.1. The highest BCUT2D eigenvalue weighted by Crippen LogP contribution is 2.37. The number of anilines is 1. The summed E-state index contributed by atoms with van der Waals surface area (Å²) in [6.45, 7) is 3.16. The molecule has 0 saturated carbocycles. The van der Waals surface area contributed by atoms with Crippen molar-refractivity contribution in [3.05, 3.63) is 16.0 Å². The Kier molecular flexibility index (Phi) is 3.68. The Balaban J connectivity index is 2.45. The van der Waals surface area contributed by atoms with Crippen molar-refractivity contribution >= 4 is 28.2 Å². The molecular weight excluding hydrogens is 252 g/mol. The summed E-state index contributed by atoms with van der Waals surface area (Å²) in [7, 11) is 3.40. The van der Waals surface area contributed by atoms with Crippen molar-refractivity contribution in [1.29, 1.82) is 0 Å². The van der Waals surface area contributed by atoms with E-state index in [-0.39, 0.29) is 11.9 Å². The summed E-state index contributed by atoms with van der Waals surface area (Å²) < 4.78 is 4.81. The molecule has 0 aromatic carbocycles. The fourth-order valence-electron chi connectivity index (χ4n) is 2.10. The Morgan fingerprint density at radius 3 is 2.78 bits per heavy atom. The lowest BCUT2D eigenvalue weighted by molar-refractivity contribution is -0.114. The van der Waals surface area contributed by atoms with E-state index < -0.39 is 0 Å². The van der Waals surface area contributed by atoms with Crippen LogP contribution in [0.25, 0.3) is 0 Å². The number of nitrogens with one attached hydrogen (secondary N) is 1. The number of rotatable bonds is 2. The lowest BCUT2D eigenvalue weighted by Gasteiger charge is -2.22. The third-order valence-corrected chi connectivity index (χ3v) is 4.06. The molecule has 0 unspecified atom stereocenters. The second-order valence-corrected chi connectivity index (χ2v) is 5.47. The van der Waals surface area contributed by atoms with Gasteiger partial charge in [0.05, 0.1) is 12.7 Å². The second-order valence-electron chi connectivity index (χ2n) is 4.37. The fraction of sp³-hybridized carbons (Fsp3) is 0.500. The van der Waals surface area contributed by atoms with Crippen molar-refractivity contribution in [3.63, 3.8) is 0 Å². The van der Waals surface area contributed by atoms with Gasteiger partial charge in [0.25, 0.3) is 0 Å². The van der Waals surface area contributed by atoms with Crippen LogP contribution in [0.5, 0.6) is 0 Å². The van der Waals surface area contributed by atoms with E-state index in [9.17, 15) is 9.59 Å². The normalized spacial score (nSPS) is 15.1. The van der Waals surface area contributed by atoms with Gasteiger partial charge in [-0.2, -0.15) is 0 Å². The monoisotopic (exact) mass is 268 g/mol. The molecule has 1 aromatic heterocycles. The van der Waals surface area contributed by atoms with E-state index in [1.54, 1.807) is 0 Å². The summed E-state index contributed by atoms with van der Waals surface area (Å²) in [6.07, 6.45) is 0.812. The largest absolute Gasteiger partial charge is 0.465 e. The van der Waals surface area contributed by atoms with Gasteiger partial charge in [-0.3, -0.25) is 4.79 Å². The molecule has 0 saturated heterocycles. The van der Waals surface area contributed by atoms with Gasteiger partial charge in [0, 0.05) is 24.9 Å². The molecule has 5 nitrogen and oxygen atoms in total. The highest BCUT2D eigenvalue weighted by Gasteiger charge is 2.27. The van der Waals surface area contributed by atoms with Crippen LogP contribution >= 0.6 is 11.3 Å². The summed E-state index contributed by atoms with van der Waals surface area (Å²) in [5.74, 6) is -0.548. The Morgan fingerprint density at radius 2 is 2.17 bits per heavy atom. The molecule has 0 spiro atoms. The lowest BCUT2D eigenvalue weighted by Crippen LogP contribution is -2.26. The molecule has 0 fully saturated rings. The zero-order valence-corrected chi connectivity index (χ0v) is 11.5. The molecule has 1 amide bonds. The maximum atomic E-state index is 11.8. The number of fused-ring (bicyclic) bond motifs is 1. The third kappa shape index (κ3) is 2.39. The van der Waals surface area contributed by atoms with Crippen LogP contribution in [0, 0.1) is 0 Å². The van der Waals surface area contributed by atoms with Crippen LogP contribution < -0.4 is 5.32 Å². The highest BCUT2D eigenvalue weighted by molar-refractivity contribution is 7.17. The third-order valence-electron chi connectivity index (χ3n) is 2.93. The SMILES string of the molecule is COC(=O)c1c(NC(C)=O)sc2c1CCN(C)C2. The van der Waals surface area contributed by atoms with Crippen LogP contribution in [0.4, 0.5) is 5.00 Å². The number of nitrogens with zero attached hydrogens (tertiary/aromatic N) is 1. The molecule has 98 valence electrons. The molecule has 2 rings (SSSR count). The van der Waals surface area contributed by atoms with Gasteiger partial charge < -0.3 is 15.0 Å². The maximum Gasteiger partial charge on any atom is 0.341 e. The molecule has 6 heteroatoms. The van der Waals surface area contributed by atoms with Crippen molar-refractivity contribution in [3.8, 4) is 0 Å². The minimum absolute atomic E-state index is 0.174. The van der Waals surface area contributed by atoms with Crippen LogP contribution in [-0.4, -0.2) is 37.5 Å². The molecule has 0 radical (unpaired) electrons. The summed E-state index contributed by atoms with van der Waals surface area (Å²) >= 11 is 1.46. The van der Waals surface area contributed by atoms with Gasteiger partial charge in [-0.15, -0.1) is 11.3 Å². The van der Waals surface area contributed by atoms with E-state index in [2.05, 4.69) is 10.2 Å². The predicted molar refractivity (Wildman–Crippen MR) is 70.0 cm³/mol. The average Bonchev–Trinajstić information content (AvgIpc) is 2.64. The number of hydrogen-bond donors (Lipinski definition) is 1. The van der Waals surface area contributed by atoms with Crippen LogP contribution in [0.15, 0.2) is 0 Å². The van der Waals surface area contributed by atoms with Crippen LogP contribution in [0.3, 0.4) is 0 Å². The molecule has 18 heavy (non-hydrogen) atoms. The van der Waals surface area contributed by atoms with Crippen molar-refractivity contribution in [1.82, 2.24) is 4.90 Å². The number of amides is 1. The molecule has 1 N–H and O–H groups in total. The summed E-state index contributed by atoms with van der Waals surface area (Å²) in [5, 5.41) is 3.33. The lowest BCUT2D eigenvalue weighted by atomic mass is 10.0. The molecular formula is C12H16N2O3S. The Hall–Kier alpha value is -1.40. The Morgan fingerprint density at radius 1 is 1.44 bits per heavy atom. The molecule has 1 aromatic rings. The second kappa shape index (κ2) is 5.07. The smallest absolute Gasteiger partial charge is 0.341 e. The van der Waals surface area contributed by atoms with Crippen LogP contribution in [0.2, 0.25) is 0 Å². The van der Waals surface area contributed by atoms with Crippen molar-refractivity contribution in [2.45, 2.75) is 19.9 Å². The van der Waals surface area contributed by atoms with E-state index in [0.717, 1.165) is 30.0 Å². The van der Waals surface area contributed by atoms with E-state index in [1.165, 1.54) is 25.4 Å². The molecule has 2 heterocycles. The standard InChI is InChI=1S/C12H16N2O3S/c1-7(15)13-11-10(12(16)17-3)8-4-5-14(2)6-9(8)18-11/h4-6H2,1-3H3,(H,13,15). The minimum Gasteiger partial charge on any atom is -0.465 e. The maximum absolute atomic E-state index is 11.8. The number of carbonyl (C=O) groups is 2. The fourth-order valence-corrected chi connectivity index (χ4v) is 3.46. The first-order chi connectivity index (χ1) is 8.52. The average molecular weight is 268 g/mol. The van der Waals surface area contributed by atoms with Gasteiger partial charge in [0.2, 0.25) is 5.91 Å². The van der Waals surface area contributed by atoms with Gasteiger partial charge in [-0.25, -0.2) is 4.79 Å². The summed E-state index contributed by atoms with van der Waals surface area (Å²) in [5.41, 5.74) is 1.55. The number of thiophene rings is 1. The number of methoxy groups -OCH3 is 1. The molecule has 0 atom stereocenters. The molecule has 0 aliphatic carbocycles. The summed E-state index contributed by atoms with van der Waals surface area (Å²) in [6, 6.07) is 0. The summed E-state index contributed by atoms with van der Waals surface area (Å²) in [4.78, 5) is 26.4. The van der Waals surface area contributed by atoms with Gasteiger partial charge >= 0.3 is 5.97 Å². The number of likely N-dealkylation sites (N-methyl/N-ethyl adjacent to an activating group) is 1. The van der Waals surface area contributed by atoms with E-state index in [0.29, 0.717) is 10.6 Å². The zero-order chi connectivity index (χ0) is 13.3. The Labute approximate surface area is 110 Å².